The predicted octanol–water partition coefficient (Wildman–Crippen LogP) is 3.18. The normalized spacial score (nSPS) is 11.4. The minimum Gasteiger partial charge on any atom is -0.491 e. The molecule has 0 bridgehead atoms. The molecule has 0 aromatic heterocycles. The van der Waals surface area contributed by atoms with Crippen LogP contribution in [-0.4, -0.2) is 18.8 Å². The third-order valence-electron chi connectivity index (χ3n) is 1.64. The van der Waals surface area contributed by atoms with Gasteiger partial charge in [0.05, 0.1) is 6.10 Å². The summed E-state index contributed by atoms with van der Waals surface area (Å²) in [5.74, 6) is -0.318. The van der Waals surface area contributed by atoms with Crippen molar-refractivity contribution in [1.29, 1.82) is 0 Å². The summed E-state index contributed by atoms with van der Waals surface area (Å²) in [6, 6.07) is 3.42. The highest BCUT2D eigenvalue weighted by molar-refractivity contribution is 5.76. The van der Waals surface area contributed by atoms with E-state index in [1.165, 1.54) is 6.07 Å². The molecule has 94 valence electrons. The third kappa shape index (κ3) is 4.76. The zero-order valence-corrected chi connectivity index (χ0v) is 9.25. The van der Waals surface area contributed by atoms with Gasteiger partial charge >= 0.3 is 6.36 Å². The van der Waals surface area contributed by atoms with Crippen molar-refractivity contribution in [2.75, 3.05) is 0 Å². The summed E-state index contributed by atoms with van der Waals surface area (Å²) in [5, 5.41) is 0. The molecule has 0 fully saturated rings. The topological polar surface area (TPSA) is 35.5 Å². The Kier molecular flexibility index (Phi) is 3.98. The third-order valence-corrected chi connectivity index (χ3v) is 1.64. The van der Waals surface area contributed by atoms with Crippen molar-refractivity contribution in [2.24, 2.45) is 0 Å². The van der Waals surface area contributed by atoms with Gasteiger partial charge in [-0.25, -0.2) is 0 Å². The van der Waals surface area contributed by atoms with Gasteiger partial charge in [0.15, 0.2) is 0 Å². The van der Waals surface area contributed by atoms with Crippen LogP contribution < -0.4 is 9.47 Å². The summed E-state index contributed by atoms with van der Waals surface area (Å²) in [6.07, 6.45) is -4.58. The fourth-order valence-electron chi connectivity index (χ4n) is 1.19. The number of rotatable bonds is 4. The van der Waals surface area contributed by atoms with Gasteiger partial charge in [0.25, 0.3) is 0 Å². The van der Waals surface area contributed by atoms with Gasteiger partial charge in [-0.3, -0.25) is 4.79 Å². The molecule has 0 radical (unpaired) electrons. The summed E-state index contributed by atoms with van der Waals surface area (Å²) >= 11 is 0. The highest BCUT2D eigenvalue weighted by Crippen LogP contribution is 2.28. The van der Waals surface area contributed by atoms with E-state index >= 15 is 0 Å². The summed E-state index contributed by atoms with van der Waals surface area (Å²) in [7, 11) is 0. The zero-order valence-electron chi connectivity index (χ0n) is 9.25. The standard InChI is InChI=1S/C11H11F3O3/c1-7(2)16-9-3-8(6-15)4-10(5-9)17-11(12,13)14/h3-7H,1-2H3. The Morgan fingerprint density at radius 1 is 1.18 bits per heavy atom. The molecule has 0 N–H and O–H groups in total. The minimum absolute atomic E-state index is 0.0578. The van der Waals surface area contributed by atoms with Gasteiger partial charge in [-0.2, -0.15) is 0 Å². The average Bonchev–Trinajstić information content (AvgIpc) is 2.13. The first-order valence-electron chi connectivity index (χ1n) is 4.83. The molecule has 1 aromatic rings. The Morgan fingerprint density at radius 3 is 2.24 bits per heavy atom. The lowest BCUT2D eigenvalue weighted by molar-refractivity contribution is -0.274. The van der Waals surface area contributed by atoms with E-state index in [1.54, 1.807) is 13.8 Å². The van der Waals surface area contributed by atoms with E-state index in [0.717, 1.165) is 12.1 Å². The molecular weight excluding hydrogens is 237 g/mol. The van der Waals surface area contributed by atoms with Gasteiger partial charge in [-0.05, 0) is 26.0 Å². The molecule has 1 aromatic carbocycles. The van der Waals surface area contributed by atoms with Crippen molar-refractivity contribution in [3.05, 3.63) is 23.8 Å². The van der Waals surface area contributed by atoms with Crippen LogP contribution in [0, 0.1) is 0 Å². The van der Waals surface area contributed by atoms with Crippen molar-refractivity contribution in [1.82, 2.24) is 0 Å². The maximum absolute atomic E-state index is 12.0. The molecule has 0 aliphatic heterocycles. The van der Waals surface area contributed by atoms with Gasteiger partial charge < -0.3 is 9.47 Å². The van der Waals surface area contributed by atoms with Crippen molar-refractivity contribution in [2.45, 2.75) is 26.3 Å². The molecule has 0 aliphatic rings. The molecule has 0 saturated carbocycles. The number of aldehydes is 1. The fraction of sp³-hybridized carbons (Fsp3) is 0.364. The van der Waals surface area contributed by atoms with Crippen molar-refractivity contribution < 1.29 is 27.4 Å². The molecule has 17 heavy (non-hydrogen) atoms. The molecule has 1 rings (SSSR count). The Bertz CT molecular complexity index is 399. The van der Waals surface area contributed by atoms with E-state index in [0.29, 0.717) is 6.29 Å². The zero-order chi connectivity index (χ0) is 13.1. The first kappa shape index (κ1) is 13.3. The lowest BCUT2D eigenvalue weighted by atomic mass is 10.2. The lowest BCUT2D eigenvalue weighted by Crippen LogP contribution is -2.17. The quantitative estimate of drug-likeness (QED) is 0.767. The van der Waals surface area contributed by atoms with Crippen LogP contribution in [0.3, 0.4) is 0 Å². The number of carbonyl (C=O) groups is 1. The molecule has 0 spiro atoms. The molecule has 0 heterocycles. The Hall–Kier alpha value is -1.72. The molecule has 0 unspecified atom stereocenters. The summed E-state index contributed by atoms with van der Waals surface area (Å²) in [4.78, 5) is 10.6. The van der Waals surface area contributed by atoms with Crippen molar-refractivity contribution >= 4 is 6.29 Å². The second-order valence-electron chi connectivity index (χ2n) is 3.57. The van der Waals surface area contributed by atoms with Crippen LogP contribution in [-0.2, 0) is 0 Å². The van der Waals surface area contributed by atoms with E-state index in [1.807, 2.05) is 0 Å². The number of halogens is 3. The lowest BCUT2D eigenvalue weighted by Gasteiger charge is -2.13. The van der Waals surface area contributed by atoms with Gasteiger partial charge in [0.1, 0.15) is 17.8 Å². The van der Waals surface area contributed by atoms with Crippen LogP contribution in [0.5, 0.6) is 11.5 Å². The Labute approximate surface area is 96.1 Å². The highest BCUT2D eigenvalue weighted by Gasteiger charge is 2.31. The molecule has 3 nitrogen and oxygen atoms in total. The minimum atomic E-state index is -4.80. The van der Waals surface area contributed by atoms with Crippen LogP contribution in [0.2, 0.25) is 0 Å². The van der Waals surface area contributed by atoms with Crippen LogP contribution in [0.4, 0.5) is 13.2 Å². The number of ether oxygens (including phenoxy) is 2. The molecular formula is C11H11F3O3. The van der Waals surface area contributed by atoms with Crippen LogP contribution >= 0.6 is 0 Å². The second-order valence-corrected chi connectivity index (χ2v) is 3.57. The Balaban J connectivity index is 3.01. The molecule has 0 aliphatic carbocycles. The number of hydrogen-bond donors (Lipinski definition) is 0. The average molecular weight is 248 g/mol. The van der Waals surface area contributed by atoms with Gasteiger partial charge in [-0.1, -0.05) is 0 Å². The van der Waals surface area contributed by atoms with Gasteiger partial charge in [-0.15, -0.1) is 13.2 Å². The maximum atomic E-state index is 12.0. The fourth-order valence-corrected chi connectivity index (χ4v) is 1.19. The van der Waals surface area contributed by atoms with E-state index in [2.05, 4.69) is 4.74 Å². The molecule has 0 atom stereocenters. The highest BCUT2D eigenvalue weighted by atomic mass is 19.4. The number of alkyl halides is 3. The summed E-state index contributed by atoms with van der Waals surface area (Å²) in [6.45, 7) is 3.44. The SMILES string of the molecule is CC(C)Oc1cc(C=O)cc(OC(F)(F)F)c1. The van der Waals surface area contributed by atoms with E-state index in [4.69, 9.17) is 4.74 Å². The molecule has 6 heteroatoms. The monoisotopic (exact) mass is 248 g/mol. The first-order chi connectivity index (χ1) is 7.80. The number of benzene rings is 1. The molecule has 0 amide bonds. The van der Waals surface area contributed by atoms with E-state index in [-0.39, 0.29) is 17.4 Å². The van der Waals surface area contributed by atoms with E-state index in [9.17, 15) is 18.0 Å². The second kappa shape index (κ2) is 5.07. The predicted molar refractivity (Wildman–Crippen MR) is 54.3 cm³/mol. The summed E-state index contributed by atoms with van der Waals surface area (Å²) in [5.41, 5.74) is 0.0578. The number of hydrogen-bond acceptors (Lipinski definition) is 3. The van der Waals surface area contributed by atoms with Gasteiger partial charge in [0, 0.05) is 11.6 Å². The largest absolute Gasteiger partial charge is 0.573 e. The van der Waals surface area contributed by atoms with Crippen LogP contribution in [0.15, 0.2) is 18.2 Å². The van der Waals surface area contributed by atoms with E-state index < -0.39 is 12.1 Å². The first-order valence-corrected chi connectivity index (χ1v) is 4.83. The smallest absolute Gasteiger partial charge is 0.491 e. The van der Waals surface area contributed by atoms with Crippen molar-refractivity contribution in [3.63, 3.8) is 0 Å². The Morgan fingerprint density at radius 2 is 1.76 bits per heavy atom. The van der Waals surface area contributed by atoms with Crippen molar-refractivity contribution in [3.8, 4) is 11.5 Å². The number of carbonyl (C=O) groups excluding carboxylic acids is 1. The maximum Gasteiger partial charge on any atom is 0.573 e. The van der Waals surface area contributed by atoms with Gasteiger partial charge in [0.2, 0.25) is 0 Å². The summed E-state index contributed by atoms with van der Waals surface area (Å²) < 4.78 is 45.0. The van der Waals surface area contributed by atoms with Crippen LogP contribution in [0.1, 0.15) is 24.2 Å². The molecule has 0 saturated heterocycles. The van der Waals surface area contributed by atoms with Crippen LogP contribution in [0.25, 0.3) is 0 Å².